The van der Waals surface area contributed by atoms with Crippen molar-refractivity contribution in [2.75, 3.05) is 19.7 Å². The average molecular weight is 651 g/mol. The summed E-state index contributed by atoms with van der Waals surface area (Å²) in [5, 5.41) is 23.6. The lowest BCUT2D eigenvalue weighted by Gasteiger charge is -2.58. The summed E-state index contributed by atoms with van der Waals surface area (Å²) in [7, 11) is 0. The molecule has 4 bridgehead atoms. The molecule has 212 valence electrons. The molecule has 9 heteroatoms. The van der Waals surface area contributed by atoms with Crippen LogP contribution in [0.4, 0.5) is 0 Å². The van der Waals surface area contributed by atoms with Gasteiger partial charge in [0.15, 0.2) is 0 Å². The summed E-state index contributed by atoms with van der Waals surface area (Å²) in [6.45, 7) is 1.99. The zero-order valence-corrected chi connectivity index (χ0v) is 24.6. The van der Waals surface area contributed by atoms with Gasteiger partial charge in [0, 0.05) is 31.5 Å². The summed E-state index contributed by atoms with van der Waals surface area (Å²) in [6.07, 6.45) is 6.72. The third kappa shape index (κ3) is 6.05. The average Bonchev–Trinajstić information content (AvgIpc) is 2.91. The van der Waals surface area contributed by atoms with Crippen molar-refractivity contribution in [1.82, 2.24) is 10.2 Å². The number of Topliss-reactive ketones (excluding diaryl/α,β-unsaturated/α-hetero) is 1. The number of halogens is 1. The third-order valence-corrected chi connectivity index (χ3v) is 10.1. The molecule has 1 aromatic rings. The summed E-state index contributed by atoms with van der Waals surface area (Å²) < 4.78 is 7.09. The van der Waals surface area contributed by atoms with E-state index in [9.17, 15) is 24.6 Å². The molecule has 0 saturated heterocycles. The second kappa shape index (κ2) is 11.9. The fraction of sp³-hybridized carbons (Fsp3) is 0.633. The number of para-hydroxylation sites is 1. The number of ketones is 1. The van der Waals surface area contributed by atoms with Crippen molar-refractivity contribution in [3.8, 4) is 5.75 Å². The molecule has 4 fully saturated rings. The van der Waals surface area contributed by atoms with Gasteiger partial charge in [-0.15, -0.1) is 0 Å². The van der Waals surface area contributed by atoms with E-state index in [2.05, 4.69) is 27.9 Å². The van der Waals surface area contributed by atoms with E-state index in [4.69, 9.17) is 4.74 Å². The van der Waals surface area contributed by atoms with Crippen molar-refractivity contribution in [2.24, 2.45) is 23.2 Å². The lowest BCUT2D eigenvalue weighted by Crippen LogP contribution is -2.60. The minimum Gasteiger partial charge on any atom is -0.482 e. The maximum Gasteiger partial charge on any atom is 0.290 e. The smallest absolute Gasteiger partial charge is 0.290 e. The van der Waals surface area contributed by atoms with Crippen LogP contribution in [0, 0.1) is 26.7 Å². The molecule has 0 aliphatic heterocycles. The number of amides is 2. The van der Waals surface area contributed by atoms with Crippen LogP contribution >= 0.6 is 22.6 Å². The number of hydrogen-bond donors (Lipinski definition) is 3. The van der Waals surface area contributed by atoms with Gasteiger partial charge >= 0.3 is 0 Å². The van der Waals surface area contributed by atoms with E-state index in [0.29, 0.717) is 35.6 Å². The quantitative estimate of drug-likeness (QED) is 0.265. The van der Waals surface area contributed by atoms with Gasteiger partial charge in [0.05, 0.1) is 16.2 Å². The van der Waals surface area contributed by atoms with Crippen LogP contribution in [0.3, 0.4) is 0 Å². The Morgan fingerprint density at radius 2 is 1.74 bits per heavy atom. The normalized spacial score (nSPS) is 32.9. The number of ether oxygens (including phenoxy) is 1. The molecule has 4 saturated carbocycles. The first-order valence-electron chi connectivity index (χ1n) is 14.2. The lowest BCUT2D eigenvalue weighted by molar-refractivity contribution is -0.154. The molecular formula is C30H39IN2O6. The van der Waals surface area contributed by atoms with E-state index in [1.807, 2.05) is 18.2 Å². The molecule has 1 aromatic carbocycles. The number of hydrogen-bond acceptors (Lipinski definition) is 6. The Bertz CT molecular complexity index is 1100. The number of nitrogens with one attached hydrogen (secondary N) is 1. The largest absolute Gasteiger partial charge is 0.482 e. The number of nitrogens with zero attached hydrogens (tertiary/aromatic N) is 1. The molecule has 0 unspecified atom stereocenters. The maximum absolute atomic E-state index is 13.7. The molecule has 39 heavy (non-hydrogen) atoms. The van der Waals surface area contributed by atoms with Crippen LogP contribution < -0.4 is 10.1 Å². The molecule has 3 N–H and O–H groups in total. The Morgan fingerprint density at radius 1 is 1.10 bits per heavy atom. The van der Waals surface area contributed by atoms with E-state index in [1.54, 1.807) is 24.0 Å². The Hall–Kier alpha value is -1.98. The van der Waals surface area contributed by atoms with Crippen molar-refractivity contribution in [3.63, 3.8) is 0 Å². The molecule has 5 aliphatic carbocycles. The summed E-state index contributed by atoms with van der Waals surface area (Å²) in [4.78, 5) is 41.2. The van der Waals surface area contributed by atoms with E-state index < -0.39 is 29.9 Å². The number of benzene rings is 1. The predicted molar refractivity (Wildman–Crippen MR) is 154 cm³/mol. The molecule has 0 radical (unpaired) electrons. The van der Waals surface area contributed by atoms with Crippen LogP contribution in [-0.2, 0) is 14.4 Å². The number of aliphatic hydroxyl groups is 2. The number of aliphatic hydroxyl groups excluding tert-OH is 2. The van der Waals surface area contributed by atoms with Crippen LogP contribution in [0.1, 0.15) is 58.3 Å². The first-order chi connectivity index (χ1) is 18.7. The Kier molecular flexibility index (Phi) is 8.68. The number of carbonyl (C=O) groups is 3. The zero-order valence-electron chi connectivity index (χ0n) is 22.5. The van der Waals surface area contributed by atoms with Crippen molar-refractivity contribution < 1.29 is 29.3 Å². The summed E-state index contributed by atoms with van der Waals surface area (Å²) in [5.41, 5.74) is 0.325. The van der Waals surface area contributed by atoms with Crippen molar-refractivity contribution in [3.05, 3.63) is 39.5 Å². The van der Waals surface area contributed by atoms with Gasteiger partial charge in [-0.3, -0.25) is 14.4 Å². The van der Waals surface area contributed by atoms with Crippen LogP contribution in [0.5, 0.6) is 5.75 Å². The van der Waals surface area contributed by atoms with E-state index in [0.717, 1.165) is 22.8 Å². The number of carbonyl (C=O) groups excluding carboxylic acids is 3. The van der Waals surface area contributed by atoms with Crippen LogP contribution in [0.15, 0.2) is 35.9 Å². The standard InChI is InChI=1S/C30H39IN2O6/c1-2-24(35)29(38)33(17-30-14-18-9-19(15-30)11-20(10-18)16-30)23-12-21(28(37)32-7-8-34)13-26(27(23)36)39-25-6-4-3-5-22(25)31/h3-6,13,18-20,23,26-27,34,36H,2,7-12,14-17H2,1H3,(H,32,37)/t18?,19?,20?,23-,26+,27+,30?/m1/s1. The summed E-state index contributed by atoms with van der Waals surface area (Å²) in [5.74, 6) is 1.14. The molecular weight excluding hydrogens is 611 g/mol. The van der Waals surface area contributed by atoms with Gasteiger partial charge in [-0.05, 0) is 102 Å². The van der Waals surface area contributed by atoms with Gasteiger partial charge in [-0.1, -0.05) is 19.1 Å². The highest BCUT2D eigenvalue weighted by Gasteiger charge is 2.53. The van der Waals surface area contributed by atoms with Gasteiger partial charge < -0.3 is 25.2 Å². The van der Waals surface area contributed by atoms with Crippen LogP contribution in [0.2, 0.25) is 0 Å². The third-order valence-electron chi connectivity index (χ3n) is 9.21. The molecule has 0 aromatic heterocycles. The first kappa shape index (κ1) is 28.5. The molecule has 2 amide bonds. The Balaban J connectivity index is 1.48. The van der Waals surface area contributed by atoms with Crippen molar-refractivity contribution >= 4 is 40.2 Å². The van der Waals surface area contributed by atoms with Crippen LogP contribution in [0.25, 0.3) is 0 Å². The lowest BCUT2D eigenvalue weighted by atomic mass is 9.49. The second-order valence-electron chi connectivity index (χ2n) is 12.1. The minimum absolute atomic E-state index is 0.0518. The Morgan fingerprint density at radius 3 is 2.33 bits per heavy atom. The highest BCUT2D eigenvalue weighted by molar-refractivity contribution is 14.1. The summed E-state index contributed by atoms with van der Waals surface area (Å²) in [6, 6.07) is 6.64. The molecule has 8 nitrogen and oxygen atoms in total. The SMILES string of the molecule is CCC(=O)C(=O)N(CC12CC3CC(CC(C3)C1)C2)[C@@H]1CC(C(=O)NCCO)=C[C@H](Oc2ccccc2I)[C@H]1O. The van der Waals surface area contributed by atoms with Gasteiger partial charge in [0.1, 0.15) is 18.0 Å². The first-order valence-corrected chi connectivity index (χ1v) is 15.3. The van der Waals surface area contributed by atoms with Gasteiger partial charge in [0.25, 0.3) is 5.91 Å². The molecule has 5 aliphatic rings. The zero-order chi connectivity index (χ0) is 27.7. The minimum atomic E-state index is -1.13. The van der Waals surface area contributed by atoms with E-state index in [-0.39, 0.29) is 37.3 Å². The van der Waals surface area contributed by atoms with E-state index in [1.165, 1.54) is 19.3 Å². The summed E-state index contributed by atoms with van der Waals surface area (Å²) >= 11 is 2.16. The van der Waals surface area contributed by atoms with Crippen molar-refractivity contribution in [2.45, 2.75) is 76.5 Å². The predicted octanol–water partition coefficient (Wildman–Crippen LogP) is 3.23. The molecule has 6 rings (SSSR count). The fourth-order valence-corrected chi connectivity index (χ4v) is 8.48. The highest BCUT2D eigenvalue weighted by Crippen LogP contribution is 2.60. The van der Waals surface area contributed by atoms with E-state index >= 15 is 0 Å². The van der Waals surface area contributed by atoms with Crippen molar-refractivity contribution in [1.29, 1.82) is 0 Å². The van der Waals surface area contributed by atoms with Gasteiger partial charge in [0.2, 0.25) is 11.7 Å². The Labute approximate surface area is 243 Å². The highest BCUT2D eigenvalue weighted by atomic mass is 127. The molecule has 3 atom stereocenters. The fourth-order valence-electron chi connectivity index (χ4n) is 7.96. The molecule has 0 spiro atoms. The maximum atomic E-state index is 13.7. The number of rotatable bonds is 10. The van der Waals surface area contributed by atoms with Crippen LogP contribution in [-0.4, -0.2) is 70.7 Å². The van der Waals surface area contributed by atoms with Gasteiger partial charge in [-0.2, -0.15) is 0 Å². The topological polar surface area (TPSA) is 116 Å². The van der Waals surface area contributed by atoms with Gasteiger partial charge in [-0.25, -0.2) is 0 Å². The monoisotopic (exact) mass is 650 g/mol. The molecule has 0 heterocycles. The second-order valence-corrected chi connectivity index (χ2v) is 13.2.